The lowest BCUT2D eigenvalue weighted by Gasteiger charge is -2.32. The van der Waals surface area contributed by atoms with Crippen LogP contribution >= 0.6 is 0 Å². The summed E-state index contributed by atoms with van der Waals surface area (Å²) in [6.07, 6.45) is 5.41. The van der Waals surface area contributed by atoms with Crippen molar-refractivity contribution in [2.24, 2.45) is 5.92 Å². The summed E-state index contributed by atoms with van der Waals surface area (Å²) in [5, 5.41) is 3.73. The van der Waals surface area contributed by atoms with Crippen molar-refractivity contribution >= 4 is 0 Å². The van der Waals surface area contributed by atoms with E-state index in [9.17, 15) is 0 Å². The molecule has 0 bridgehead atoms. The van der Waals surface area contributed by atoms with Crippen molar-refractivity contribution < 1.29 is 9.47 Å². The molecule has 1 aromatic rings. The fourth-order valence-corrected chi connectivity index (χ4v) is 3.14. The Balaban J connectivity index is 1.33. The number of hydrogen-bond donors (Lipinski definition) is 1. The fourth-order valence-electron chi connectivity index (χ4n) is 3.14. The van der Waals surface area contributed by atoms with Crippen molar-refractivity contribution in [3.05, 3.63) is 24.3 Å². The highest BCUT2D eigenvalue weighted by Gasteiger charge is 2.24. The van der Waals surface area contributed by atoms with Gasteiger partial charge < -0.3 is 14.8 Å². The van der Waals surface area contributed by atoms with E-state index in [2.05, 4.69) is 10.2 Å². The second-order valence-electron chi connectivity index (χ2n) is 6.70. The van der Waals surface area contributed by atoms with Crippen LogP contribution in [0, 0.1) is 5.92 Å². The molecule has 0 atom stereocenters. The van der Waals surface area contributed by atoms with Crippen LogP contribution < -0.4 is 14.8 Å². The molecule has 4 nitrogen and oxygen atoms in total. The number of nitrogens with one attached hydrogen (secondary N) is 1. The molecule has 1 aliphatic heterocycles. The molecule has 1 heterocycles. The zero-order chi connectivity index (χ0) is 15.9. The van der Waals surface area contributed by atoms with Crippen molar-refractivity contribution in [1.29, 1.82) is 0 Å². The number of ether oxygens (including phenoxy) is 2. The monoisotopic (exact) mass is 318 g/mol. The third kappa shape index (κ3) is 5.40. The molecule has 0 radical (unpaired) electrons. The van der Waals surface area contributed by atoms with Crippen LogP contribution in [-0.4, -0.2) is 50.3 Å². The van der Waals surface area contributed by atoms with Gasteiger partial charge in [0.25, 0.3) is 0 Å². The minimum Gasteiger partial charge on any atom is -0.490 e. The van der Waals surface area contributed by atoms with E-state index in [0.29, 0.717) is 6.61 Å². The van der Waals surface area contributed by atoms with E-state index >= 15 is 0 Å². The first-order valence-electron chi connectivity index (χ1n) is 9.15. The minimum absolute atomic E-state index is 0.668. The average molecular weight is 318 g/mol. The van der Waals surface area contributed by atoms with Crippen LogP contribution in [0.3, 0.4) is 0 Å². The molecule has 1 saturated heterocycles. The molecule has 0 amide bonds. The Morgan fingerprint density at radius 3 is 2.39 bits per heavy atom. The highest BCUT2D eigenvalue weighted by molar-refractivity contribution is 5.39. The number of rotatable bonds is 9. The van der Waals surface area contributed by atoms with Gasteiger partial charge in [0.05, 0.1) is 6.61 Å². The largest absolute Gasteiger partial charge is 0.490 e. The summed E-state index contributed by atoms with van der Waals surface area (Å²) in [7, 11) is 0. The van der Waals surface area contributed by atoms with Gasteiger partial charge in [0.15, 0.2) is 11.5 Å². The predicted octanol–water partition coefficient (Wildman–Crippen LogP) is 2.93. The number of nitrogens with zero attached hydrogens (tertiary/aromatic N) is 1. The van der Waals surface area contributed by atoms with E-state index < -0.39 is 0 Å². The molecular weight excluding hydrogens is 288 g/mol. The first kappa shape index (κ1) is 16.6. The van der Waals surface area contributed by atoms with Crippen molar-refractivity contribution in [2.45, 2.75) is 38.6 Å². The standard InChI is InChI=1S/C19H30N2O2/c1-2-22-18-5-3-4-6-19(18)23-14-13-21-11-9-17(10-12-21)20-15-16-7-8-16/h3-6,16-17,20H,2,7-15H2,1H3. The highest BCUT2D eigenvalue weighted by Crippen LogP contribution is 2.28. The maximum absolute atomic E-state index is 5.92. The molecule has 2 fully saturated rings. The topological polar surface area (TPSA) is 33.7 Å². The lowest BCUT2D eigenvalue weighted by atomic mass is 10.0. The van der Waals surface area contributed by atoms with E-state index in [1.807, 2.05) is 31.2 Å². The zero-order valence-corrected chi connectivity index (χ0v) is 14.3. The van der Waals surface area contributed by atoms with Crippen LogP contribution in [0.4, 0.5) is 0 Å². The number of piperidine rings is 1. The van der Waals surface area contributed by atoms with Crippen LogP contribution in [0.1, 0.15) is 32.6 Å². The predicted molar refractivity (Wildman–Crippen MR) is 93.3 cm³/mol. The number of para-hydroxylation sites is 2. The SMILES string of the molecule is CCOc1ccccc1OCCN1CCC(NCC2CC2)CC1. The molecule has 1 aliphatic carbocycles. The first-order valence-corrected chi connectivity index (χ1v) is 9.15. The van der Waals surface area contributed by atoms with Crippen molar-refractivity contribution in [3.8, 4) is 11.5 Å². The second-order valence-corrected chi connectivity index (χ2v) is 6.70. The second kappa shape index (κ2) is 8.55. The highest BCUT2D eigenvalue weighted by atomic mass is 16.5. The molecule has 23 heavy (non-hydrogen) atoms. The van der Waals surface area contributed by atoms with Crippen LogP contribution in [0.5, 0.6) is 11.5 Å². The summed E-state index contributed by atoms with van der Waals surface area (Å²) in [4.78, 5) is 2.51. The third-order valence-corrected chi connectivity index (χ3v) is 4.79. The van der Waals surface area contributed by atoms with Crippen LogP contribution in [0.2, 0.25) is 0 Å². The van der Waals surface area contributed by atoms with Gasteiger partial charge in [-0.2, -0.15) is 0 Å². The van der Waals surface area contributed by atoms with Gasteiger partial charge >= 0.3 is 0 Å². The third-order valence-electron chi connectivity index (χ3n) is 4.79. The normalized spacial score (nSPS) is 19.7. The number of hydrogen-bond acceptors (Lipinski definition) is 4. The molecule has 0 unspecified atom stereocenters. The molecule has 1 saturated carbocycles. The summed E-state index contributed by atoms with van der Waals surface area (Å²) in [6.45, 7) is 7.99. The molecule has 3 rings (SSSR count). The number of likely N-dealkylation sites (tertiary alicyclic amines) is 1. The van der Waals surface area contributed by atoms with Crippen molar-refractivity contribution in [2.75, 3.05) is 39.4 Å². The molecular formula is C19H30N2O2. The average Bonchev–Trinajstić information content (AvgIpc) is 3.40. The van der Waals surface area contributed by atoms with Gasteiger partial charge in [-0.3, -0.25) is 4.90 Å². The van der Waals surface area contributed by atoms with E-state index in [-0.39, 0.29) is 0 Å². The van der Waals surface area contributed by atoms with Gasteiger partial charge in [-0.1, -0.05) is 12.1 Å². The van der Waals surface area contributed by atoms with E-state index in [1.165, 1.54) is 45.3 Å². The summed E-state index contributed by atoms with van der Waals surface area (Å²) < 4.78 is 11.5. The summed E-state index contributed by atoms with van der Waals surface area (Å²) in [5.74, 6) is 2.68. The quantitative estimate of drug-likeness (QED) is 0.759. The fraction of sp³-hybridized carbons (Fsp3) is 0.684. The van der Waals surface area contributed by atoms with Crippen LogP contribution in [-0.2, 0) is 0 Å². The van der Waals surface area contributed by atoms with E-state index in [0.717, 1.165) is 36.6 Å². The molecule has 0 spiro atoms. The molecule has 128 valence electrons. The summed E-state index contributed by atoms with van der Waals surface area (Å²) in [6, 6.07) is 8.66. The molecule has 0 aromatic heterocycles. The maximum Gasteiger partial charge on any atom is 0.161 e. The Morgan fingerprint density at radius 1 is 1.04 bits per heavy atom. The van der Waals surface area contributed by atoms with Crippen molar-refractivity contribution in [1.82, 2.24) is 10.2 Å². The molecule has 4 heteroatoms. The van der Waals surface area contributed by atoms with Crippen LogP contribution in [0.15, 0.2) is 24.3 Å². The number of benzene rings is 1. The molecule has 1 N–H and O–H groups in total. The van der Waals surface area contributed by atoms with E-state index in [4.69, 9.17) is 9.47 Å². The smallest absolute Gasteiger partial charge is 0.161 e. The zero-order valence-electron chi connectivity index (χ0n) is 14.3. The Kier molecular flexibility index (Phi) is 6.17. The van der Waals surface area contributed by atoms with Gasteiger partial charge in [-0.25, -0.2) is 0 Å². The Bertz CT molecular complexity index is 468. The summed E-state index contributed by atoms with van der Waals surface area (Å²) >= 11 is 0. The van der Waals surface area contributed by atoms with Gasteiger partial charge in [0.1, 0.15) is 6.61 Å². The Hall–Kier alpha value is -1.26. The first-order chi connectivity index (χ1) is 11.3. The lowest BCUT2D eigenvalue weighted by molar-refractivity contribution is 0.162. The molecule has 2 aliphatic rings. The van der Waals surface area contributed by atoms with Gasteiger partial charge in [0.2, 0.25) is 0 Å². The van der Waals surface area contributed by atoms with Crippen molar-refractivity contribution in [3.63, 3.8) is 0 Å². The Labute approximate surface area is 140 Å². The van der Waals surface area contributed by atoms with Gasteiger partial charge in [0, 0.05) is 12.6 Å². The van der Waals surface area contributed by atoms with Gasteiger partial charge in [-0.15, -0.1) is 0 Å². The van der Waals surface area contributed by atoms with E-state index in [1.54, 1.807) is 0 Å². The Morgan fingerprint density at radius 2 is 1.74 bits per heavy atom. The lowest BCUT2D eigenvalue weighted by Crippen LogP contribution is -2.44. The van der Waals surface area contributed by atoms with Crippen LogP contribution in [0.25, 0.3) is 0 Å². The minimum atomic E-state index is 0.668. The van der Waals surface area contributed by atoms with Gasteiger partial charge in [-0.05, 0) is 70.3 Å². The maximum atomic E-state index is 5.92. The summed E-state index contributed by atoms with van der Waals surface area (Å²) in [5.41, 5.74) is 0. The molecule has 1 aromatic carbocycles.